The molecule has 0 bridgehead atoms. The van der Waals surface area contributed by atoms with Gasteiger partial charge in [0.25, 0.3) is 5.91 Å². The fraction of sp³-hybridized carbons (Fsp3) is 0.471. The molecule has 0 spiro atoms. The number of carbonyl (C=O) groups excluding carboxylic acids is 4. The van der Waals surface area contributed by atoms with Crippen molar-refractivity contribution in [3.8, 4) is 0 Å². The van der Waals surface area contributed by atoms with Gasteiger partial charge < -0.3 is 15.5 Å². The van der Waals surface area contributed by atoms with Crippen LogP contribution in [0.3, 0.4) is 0 Å². The minimum Gasteiger partial charge on any atom is -0.369 e. The Bertz CT molecular complexity index is 765. The molecule has 139 valence electrons. The Kier molecular flexibility index (Phi) is 5.34. The monoisotopic (exact) mass is 396 g/mol. The number of ketones is 1. The van der Waals surface area contributed by atoms with Crippen molar-refractivity contribution in [3.63, 3.8) is 0 Å². The molecule has 1 radical (unpaired) electrons. The van der Waals surface area contributed by atoms with Crippen LogP contribution in [0.5, 0.6) is 0 Å². The highest BCUT2D eigenvalue weighted by atomic mass is 35.5. The summed E-state index contributed by atoms with van der Waals surface area (Å²) in [7, 11) is 0. The standard InChI is InChI=1S/C17H19ClN3O4S/c1-9(16(19)24)2-5-14(23)20-7-6-10-15(20)11(22)8-21(10)17(25)12-3-4-13(18)26-12/h3-5,9-10,15H,2,6-8H2,1H3,(H2,19,24). The highest BCUT2D eigenvalue weighted by molar-refractivity contribution is 7.18. The second-order valence-corrected chi connectivity index (χ2v) is 8.29. The molecule has 9 heteroatoms. The summed E-state index contributed by atoms with van der Waals surface area (Å²) in [5.41, 5.74) is 5.20. The van der Waals surface area contributed by atoms with Gasteiger partial charge in [-0.1, -0.05) is 18.5 Å². The van der Waals surface area contributed by atoms with Crippen molar-refractivity contribution in [2.24, 2.45) is 11.7 Å². The molecule has 7 nitrogen and oxygen atoms in total. The molecule has 2 aliphatic rings. The third-order valence-corrected chi connectivity index (χ3v) is 6.10. The summed E-state index contributed by atoms with van der Waals surface area (Å²) in [6, 6.07) is 2.35. The Labute approximate surface area is 160 Å². The first-order chi connectivity index (χ1) is 12.3. The summed E-state index contributed by atoms with van der Waals surface area (Å²) in [6.45, 7) is 2.04. The number of carbonyl (C=O) groups is 4. The summed E-state index contributed by atoms with van der Waals surface area (Å²) in [6.07, 6.45) is 2.17. The van der Waals surface area contributed by atoms with Gasteiger partial charge in [-0.2, -0.15) is 0 Å². The maximum Gasteiger partial charge on any atom is 0.264 e. The molecular formula is C17H19ClN3O4S. The lowest BCUT2D eigenvalue weighted by molar-refractivity contribution is -0.133. The molecule has 1 aromatic heterocycles. The first-order valence-corrected chi connectivity index (χ1v) is 9.51. The van der Waals surface area contributed by atoms with Gasteiger partial charge in [-0.3, -0.25) is 19.2 Å². The Balaban J connectivity index is 1.68. The second kappa shape index (κ2) is 7.36. The molecule has 0 aliphatic carbocycles. The van der Waals surface area contributed by atoms with Crippen LogP contribution < -0.4 is 5.73 Å². The SMILES string of the molecule is CC(C[CH]C(=O)N1CCC2C1C(=O)CN2C(=O)c1ccc(Cl)s1)C(N)=O. The summed E-state index contributed by atoms with van der Waals surface area (Å²) >= 11 is 7.06. The van der Waals surface area contributed by atoms with Gasteiger partial charge in [-0.15, -0.1) is 11.3 Å². The number of halogens is 1. The fourth-order valence-corrected chi connectivity index (χ4v) is 4.42. The fourth-order valence-electron chi connectivity index (χ4n) is 3.42. The number of Topliss-reactive ketones (excluding diaryl/α,β-unsaturated/α-hetero) is 1. The maximum atomic E-state index is 12.7. The number of hydrogen-bond donors (Lipinski definition) is 1. The lowest BCUT2D eigenvalue weighted by Gasteiger charge is -2.24. The van der Waals surface area contributed by atoms with E-state index in [1.165, 1.54) is 27.6 Å². The highest BCUT2D eigenvalue weighted by Gasteiger charge is 2.51. The minimum absolute atomic E-state index is 0.00878. The van der Waals surface area contributed by atoms with Gasteiger partial charge in [0.15, 0.2) is 5.78 Å². The predicted molar refractivity (Wildman–Crippen MR) is 96.6 cm³/mol. The number of likely N-dealkylation sites (tertiary alicyclic amines) is 2. The maximum absolute atomic E-state index is 12.7. The van der Waals surface area contributed by atoms with Gasteiger partial charge in [0.2, 0.25) is 11.8 Å². The van der Waals surface area contributed by atoms with Crippen molar-refractivity contribution < 1.29 is 19.2 Å². The second-order valence-electron chi connectivity index (χ2n) is 6.58. The van der Waals surface area contributed by atoms with Gasteiger partial charge in [-0.25, -0.2) is 0 Å². The molecule has 0 aromatic carbocycles. The Morgan fingerprint density at radius 1 is 1.38 bits per heavy atom. The first kappa shape index (κ1) is 18.8. The van der Waals surface area contributed by atoms with E-state index in [1.54, 1.807) is 19.1 Å². The molecule has 3 unspecified atom stereocenters. The van der Waals surface area contributed by atoms with Crippen LogP contribution >= 0.6 is 22.9 Å². The van der Waals surface area contributed by atoms with Crippen LogP contribution in [0.2, 0.25) is 4.34 Å². The molecule has 2 aliphatic heterocycles. The van der Waals surface area contributed by atoms with E-state index in [2.05, 4.69) is 0 Å². The van der Waals surface area contributed by atoms with Gasteiger partial charge in [0, 0.05) is 12.5 Å². The van der Waals surface area contributed by atoms with Gasteiger partial charge in [-0.05, 0) is 25.0 Å². The number of fused-ring (bicyclic) bond motifs is 1. The summed E-state index contributed by atoms with van der Waals surface area (Å²) in [5.74, 6) is -1.60. The molecule has 2 fully saturated rings. The van der Waals surface area contributed by atoms with Crippen LogP contribution in [0.25, 0.3) is 0 Å². The number of primary amides is 1. The molecule has 3 atom stereocenters. The zero-order valence-electron chi connectivity index (χ0n) is 14.2. The molecule has 2 N–H and O–H groups in total. The minimum atomic E-state index is -0.623. The molecule has 1 aromatic rings. The topological polar surface area (TPSA) is 101 Å². The van der Waals surface area contributed by atoms with Crippen LogP contribution in [0.15, 0.2) is 12.1 Å². The molecular weight excluding hydrogens is 378 g/mol. The summed E-state index contributed by atoms with van der Waals surface area (Å²) in [5, 5.41) is 0. The number of thiophene rings is 1. The molecule has 3 heterocycles. The van der Waals surface area contributed by atoms with Gasteiger partial charge in [0.05, 0.1) is 28.2 Å². The van der Waals surface area contributed by atoms with Crippen molar-refractivity contribution in [1.29, 1.82) is 0 Å². The third kappa shape index (κ3) is 3.48. The number of hydrogen-bond acceptors (Lipinski definition) is 5. The average molecular weight is 397 g/mol. The van der Waals surface area contributed by atoms with E-state index in [9.17, 15) is 19.2 Å². The zero-order chi connectivity index (χ0) is 19.0. The Morgan fingerprint density at radius 3 is 2.73 bits per heavy atom. The summed E-state index contributed by atoms with van der Waals surface area (Å²) in [4.78, 5) is 52.2. The smallest absolute Gasteiger partial charge is 0.264 e. The largest absolute Gasteiger partial charge is 0.369 e. The van der Waals surface area contributed by atoms with Crippen molar-refractivity contribution in [2.45, 2.75) is 31.8 Å². The van der Waals surface area contributed by atoms with E-state index < -0.39 is 17.9 Å². The van der Waals surface area contributed by atoms with Gasteiger partial charge in [0.1, 0.15) is 6.04 Å². The Morgan fingerprint density at radius 2 is 2.12 bits per heavy atom. The molecule has 3 amide bonds. The van der Waals surface area contributed by atoms with Crippen molar-refractivity contribution in [2.75, 3.05) is 13.1 Å². The van der Waals surface area contributed by atoms with Crippen molar-refractivity contribution in [1.82, 2.24) is 9.80 Å². The number of rotatable bonds is 5. The summed E-state index contributed by atoms with van der Waals surface area (Å²) < 4.78 is 0.511. The van der Waals surface area contributed by atoms with Crippen LogP contribution in [0, 0.1) is 12.3 Å². The third-order valence-electron chi connectivity index (χ3n) is 4.88. The van der Waals surface area contributed by atoms with Gasteiger partial charge >= 0.3 is 0 Å². The number of nitrogens with zero attached hydrogens (tertiary/aromatic N) is 2. The number of amides is 3. The molecule has 0 saturated carbocycles. The van der Waals surface area contributed by atoms with E-state index in [0.29, 0.717) is 22.2 Å². The normalized spacial score (nSPS) is 23.2. The van der Waals surface area contributed by atoms with E-state index >= 15 is 0 Å². The average Bonchev–Trinajstić information content (AvgIpc) is 3.28. The zero-order valence-corrected chi connectivity index (χ0v) is 15.8. The van der Waals surface area contributed by atoms with E-state index in [4.69, 9.17) is 17.3 Å². The van der Waals surface area contributed by atoms with Crippen LogP contribution in [-0.2, 0) is 14.4 Å². The van der Waals surface area contributed by atoms with Crippen molar-refractivity contribution in [3.05, 3.63) is 27.8 Å². The van der Waals surface area contributed by atoms with Crippen LogP contribution in [0.1, 0.15) is 29.4 Å². The predicted octanol–water partition coefficient (Wildman–Crippen LogP) is 1.11. The molecule has 3 rings (SSSR count). The quantitative estimate of drug-likeness (QED) is 0.805. The van der Waals surface area contributed by atoms with E-state index in [-0.39, 0.29) is 36.6 Å². The Hall–Kier alpha value is -1.93. The van der Waals surface area contributed by atoms with Crippen LogP contribution in [-0.4, -0.2) is 58.5 Å². The van der Waals surface area contributed by atoms with E-state index in [1.807, 2.05) is 0 Å². The highest BCUT2D eigenvalue weighted by Crippen LogP contribution is 2.33. The lowest BCUT2D eigenvalue weighted by atomic mass is 10.0. The molecule has 26 heavy (non-hydrogen) atoms. The molecule has 2 saturated heterocycles. The van der Waals surface area contributed by atoms with Crippen LogP contribution in [0.4, 0.5) is 0 Å². The first-order valence-electron chi connectivity index (χ1n) is 8.31. The van der Waals surface area contributed by atoms with E-state index in [0.717, 1.165) is 0 Å². The lowest BCUT2D eigenvalue weighted by Crippen LogP contribution is -2.43. The van der Waals surface area contributed by atoms with Crippen molar-refractivity contribution >= 4 is 46.4 Å². The number of nitrogens with two attached hydrogens (primary N) is 1.